The highest BCUT2D eigenvalue weighted by molar-refractivity contribution is 9.11. The van der Waals surface area contributed by atoms with E-state index in [1.807, 2.05) is 17.0 Å². The smallest absolute Gasteiger partial charge is 0.326 e. The molecule has 6 heteroatoms. The molecule has 2 heterocycles. The molecule has 1 aliphatic rings. The fourth-order valence-corrected chi connectivity index (χ4v) is 3.32. The lowest BCUT2D eigenvalue weighted by molar-refractivity contribution is -0.145. The highest BCUT2D eigenvalue weighted by Gasteiger charge is 2.29. The van der Waals surface area contributed by atoms with Gasteiger partial charge in [-0.25, -0.2) is 0 Å². The number of halogens is 1. The van der Waals surface area contributed by atoms with Gasteiger partial charge in [-0.05, 0) is 28.1 Å². The average Bonchev–Trinajstić information content (AvgIpc) is 2.66. The molecule has 1 aromatic rings. The fourth-order valence-electron chi connectivity index (χ4n) is 1.77. The van der Waals surface area contributed by atoms with Gasteiger partial charge in [0.05, 0.1) is 17.0 Å². The van der Waals surface area contributed by atoms with E-state index < -0.39 is 12.0 Å². The largest absolute Gasteiger partial charge is 0.480 e. The van der Waals surface area contributed by atoms with Crippen LogP contribution in [-0.4, -0.2) is 42.3 Å². The first-order chi connectivity index (χ1) is 7.68. The predicted molar refractivity (Wildman–Crippen MR) is 64.8 cm³/mol. The van der Waals surface area contributed by atoms with Crippen molar-refractivity contribution in [3.05, 3.63) is 20.8 Å². The summed E-state index contributed by atoms with van der Waals surface area (Å²) in [6.45, 7) is 2.56. The molecule has 1 aliphatic heterocycles. The number of carboxylic acid groups (broad SMARTS) is 1. The summed E-state index contributed by atoms with van der Waals surface area (Å²) in [5, 5.41) is 9.30. The summed E-state index contributed by atoms with van der Waals surface area (Å²) in [7, 11) is 0. The van der Waals surface area contributed by atoms with E-state index in [0.29, 0.717) is 26.3 Å². The van der Waals surface area contributed by atoms with Crippen molar-refractivity contribution in [3.8, 4) is 0 Å². The van der Waals surface area contributed by atoms with Crippen LogP contribution in [0.5, 0.6) is 0 Å². The quantitative estimate of drug-likeness (QED) is 0.927. The van der Waals surface area contributed by atoms with Gasteiger partial charge in [-0.3, -0.25) is 9.69 Å². The molecule has 1 unspecified atom stereocenters. The van der Waals surface area contributed by atoms with Crippen LogP contribution in [0.25, 0.3) is 0 Å². The highest BCUT2D eigenvalue weighted by atomic mass is 79.9. The minimum absolute atomic E-state index is 0.541. The van der Waals surface area contributed by atoms with E-state index in [-0.39, 0.29) is 0 Å². The Balaban J connectivity index is 2.19. The molecule has 1 atom stereocenters. The molecule has 1 fully saturated rings. The van der Waals surface area contributed by atoms with Crippen LogP contribution in [0, 0.1) is 0 Å². The van der Waals surface area contributed by atoms with Gasteiger partial charge in [0.1, 0.15) is 6.04 Å². The summed E-state index contributed by atoms with van der Waals surface area (Å²) >= 11 is 4.83. The summed E-state index contributed by atoms with van der Waals surface area (Å²) in [6, 6.07) is 3.21. The van der Waals surface area contributed by atoms with Gasteiger partial charge in [-0.15, -0.1) is 11.3 Å². The van der Waals surface area contributed by atoms with Gasteiger partial charge in [-0.1, -0.05) is 0 Å². The molecule has 1 aromatic heterocycles. The predicted octanol–water partition coefficient (Wildman–Crippen LogP) is 1.97. The van der Waals surface area contributed by atoms with Crippen molar-refractivity contribution in [2.24, 2.45) is 0 Å². The summed E-state index contributed by atoms with van der Waals surface area (Å²) in [5.41, 5.74) is 0. The Labute approximate surface area is 106 Å². The second-order valence-corrected chi connectivity index (χ2v) is 6.03. The molecule has 0 saturated carbocycles. The number of hydrogen-bond acceptors (Lipinski definition) is 4. The number of aliphatic carboxylic acids is 1. The van der Waals surface area contributed by atoms with Crippen molar-refractivity contribution < 1.29 is 14.6 Å². The Hall–Kier alpha value is -0.430. The van der Waals surface area contributed by atoms with Gasteiger partial charge < -0.3 is 9.84 Å². The normalized spacial score (nSPS) is 19.6. The third-order valence-electron chi connectivity index (χ3n) is 2.51. The second kappa shape index (κ2) is 5.27. The third-order valence-corrected chi connectivity index (χ3v) is 4.18. The topological polar surface area (TPSA) is 49.8 Å². The van der Waals surface area contributed by atoms with Crippen molar-refractivity contribution in [2.75, 3.05) is 26.3 Å². The van der Waals surface area contributed by atoms with Gasteiger partial charge in [-0.2, -0.15) is 0 Å². The van der Waals surface area contributed by atoms with E-state index >= 15 is 0 Å². The van der Waals surface area contributed by atoms with Gasteiger partial charge in [0.25, 0.3) is 0 Å². The minimum Gasteiger partial charge on any atom is -0.480 e. The molecule has 0 amide bonds. The Morgan fingerprint density at radius 2 is 2.19 bits per heavy atom. The van der Waals surface area contributed by atoms with Crippen molar-refractivity contribution in [3.63, 3.8) is 0 Å². The van der Waals surface area contributed by atoms with Crippen LogP contribution in [-0.2, 0) is 9.53 Å². The van der Waals surface area contributed by atoms with E-state index in [1.165, 1.54) is 11.3 Å². The first-order valence-corrected chi connectivity index (χ1v) is 6.59. The van der Waals surface area contributed by atoms with E-state index in [4.69, 9.17) is 4.74 Å². The molecule has 0 radical (unpaired) electrons. The van der Waals surface area contributed by atoms with E-state index in [9.17, 15) is 9.90 Å². The van der Waals surface area contributed by atoms with Crippen molar-refractivity contribution in [1.82, 2.24) is 4.90 Å². The maximum Gasteiger partial charge on any atom is 0.326 e. The molecule has 88 valence electrons. The zero-order valence-corrected chi connectivity index (χ0v) is 11.0. The second-order valence-electron chi connectivity index (χ2n) is 3.53. The molecule has 4 nitrogen and oxygen atoms in total. The third kappa shape index (κ3) is 2.63. The monoisotopic (exact) mass is 305 g/mol. The highest BCUT2D eigenvalue weighted by Crippen LogP contribution is 2.31. The fraction of sp³-hybridized carbons (Fsp3) is 0.500. The summed E-state index contributed by atoms with van der Waals surface area (Å²) < 4.78 is 6.19. The Morgan fingerprint density at radius 3 is 2.69 bits per heavy atom. The first kappa shape index (κ1) is 12.0. The number of rotatable bonds is 3. The number of carbonyl (C=O) groups is 1. The maximum absolute atomic E-state index is 11.3. The number of ether oxygens (including phenoxy) is 1. The maximum atomic E-state index is 11.3. The SMILES string of the molecule is O=C(O)C(c1ccc(Br)s1)N1CCOCC1. The van der Waals surface area contributed by atoms with Gasteiger partial charge in [0.2, 0.25) is 0 Å². The molecule has 0 aliphatic carbocycles. The standard InChI is InChI=1S/C10H12BrNO3S/c11-8-2-1-7(16-8)9(10(13)14)12-3-5-15-6-4-12/h1-2,9H,3-6H2,(H,13,14). The lowest BCUT2D eigenvalue weighted by atomic mass is 10.2. The Morgan fingerprint density at radius 1 is 1.50 bits per heavy atom. The number of nitrogens with zero attached hydrogens (tertiary/aromatic N) is 1. The molecule has 16 heavy (non-hydrogen) atoms. The van der Waals surface area contributed by atoms with Gasteiger partial charge >= 0.3 is 5.97 Å². The van der Waals surface area contributed by atoms with Crippen LogP contribution in [0.1, 0.15) is 10.9 Å². The summed E-state index contributed by atoms with van der Waals surface area (Å²) in [6.07, 6.45) is 0. The van der Waals surface area contributed by atoms with Crippen LogP contribution in [0.15, 0.2) is 15.9 Å². The van der Waals surface area contributed by atoms with Crippen LogP contribution in [0.3, 0.4) is 0 Å². The molecular formula is C10H12BrNO3S. The Bertz CT molecular complexity index is 376. The van der Waals surface area contributed by atoms with Crippen molar-refractivity contribution >= 4 is 33.2 Å². The lowest BCUT2D eigenvalue weighted by Crippen LogP contribution is -2.41. The molecule has 0 aromatic carbocycles. The van der Waals surface area contributed by atoms with E-state index in [0.717, 1.165) is 8.66 Å². The number of morpholine rings is 1. The Kier molecular flexibility index (Phi) is 3.96. The van der Waals surface area contributed by atoms with Gasteiger partial charge in [0, 0.05) is 18.0 Å². The van der Waals surface area contributed by atoms with Crippen LogP contribution in [0.4, 0.5) is 0 Å². The van der Waals surface area contributed by atoms with E-state index in [2.05, 4.69) is 15.9 Å². The number of thiophene rings is 1. The lowest BCUT2D eigenvalue weighted by Gasteiger charge is -2.31. The zero-order chi connectivity index (χ0) is 11.5. The van der Waals surface area contributed by atoms with Crippen LogP contribution < -0.4 is 0 Å². The molecule has 2 rings (SSSR count). The number of carboxylic acids is 1. The molecule has 1 saturated heterocycles. The summed E-state index contributed by atoms with van der Waals surface area (Å²) in [5.74, 6) is -0.795. The van der Waals surface area contributed by atoms with Crippen LogP contribution >= 0.6 is 27.3 Å². The van der Waals surface area contributed by atoms with Crippen molar-refractivity contribution in [2.45, 2.75) is 6.04 Å². The molecule has 0 bridgehead atoms. The number of hydrogen-bond donors (Lipinski definition) is 1. The molecule has 1 N–H and O–H groups in total. The molecule has 0 spiro atoms. The van der Waals surface area contributed by atoms with Gasteiger partial charge in [0.15, 0.2) is 0 Å². The summed E-state index contributed by atoms with van der Waals surface area (Å²) in [4.78, 5) is 14.1. The minimum atomic E-state index is -0.795. The van der Waals surface area contributed by atoms with Crippen LogP contribution in [0.2, 0.25) is 0 Å². The first-order valence-electron chi connectivity index (χ1n) is 4.98. The van der Waals surface area contributed by atoms with Crippen molar-refractivity contribution in [1.29, 1.82) is 0 Å². The average molecular weight is 306 g/mol. The van der Waals surface area contributed by atoms with E-state index in [1.54, 1.807) is 0 Å². The molecular weight excluding hydrogens is 294 g/mol. The zero-order valence-electron chi connectivity index (χ0n) is 8.56.